The molecule has 0 saturated heterocycles. The molecule has 0 aliphatic carbocycles. The van der Waals surface area contributed by atoms with Crippen molar-refractivity contribution in [2.24, 2.45) is 5.73 Å². The highest BCUT2D eigenvalue weighted by molar-refractivity contribution is 5.81. The van der Waals surface area contributed by atoms with E-state index in [1.807, 2.05) is 0 Å². The molecule has 1 unspecified atom stereocenters. The van der Waals surface area contributed by atoms with Gasteiger partial charge in [-0.1, -0.05) is 0 Å². The second kappa shape index (κ2) is 3.87. The number of nitrogens with two attached hydrogens (primary N) is 1. The van der Waals surface area contributed by atoms with Crippen molar-refractivity contribution in [2.75, 3.05) is 0 Å². The molecule has 0 aromatic rings. The highest BCUT2D eigenvalue weighted by Gasteiger charge is 2.24. The average Bonchev–Trinajstić information content (AvgIpc) is 1.85. The van der Waals surface area contributed by atoms with Crippen LogP contribution in [0.25, 0.3) is 0 Å². The standard InChI is InChI=1S/C8H18N2O2/c1-5(9)7(11)10-6(2)8(3,4)12/h5-6,12H,9H2,1-4H3,(H,10,11)/t5-,6?/m0/s1. The lowest BCUT2D eigenvalue weighted by atomic mass is 10.0. The first-order valence-corrected chi connectivity index (χ1v) is 4.03. The summed E-state index contributed by atoms with van der Waals surface area (Å²) in [4.78, 5) is 11.1. The summed E-state index contributed by atoms with van der Waals surface area (Å²) in [5.74, 6) is -0.246. The summed E-state index contributed by atoms with van der Waals surface area (Å²) in [6, 6.07) is -0.828. The number of carbonyl (C=O) groups is 1. The molecule has 0 fully saturated rings. The van der Waals surface area contributed by atoms with Crippen molar-refractivity contribution in [1.82, 2.24) is 5.32 Å². The lowest BCUT2D eigenvalue weighted by Gasteiger charge is -2.27. The van der Waals surface area contributed by atoms with E-state index < -0.39 is 11.6 Å². The summed E-state index contributed by atoms with van der Waals surface area (Å²) < 4.78 is 0. The molecule has 1 amide bonds. The van der Waals surface area contributed by atoms with Gasteiger partial charge in [-0.2, -0.15) is 0 Å². The fourth-order valence-corrected chi connectivity index (χ4v) is 0.521. The molecule has 0 spiro atoms. The minimum atomic E-state index is -0.912. The lowest BCUT2D eigenvalue weighted by molar-refractivity contribution is -0.124. The van der Waals surface area contributed by atoms with Crippen molar-refractivity contribution in [2.45, 2.75) is 45.4 Å². The Balaban J connectivity index is 4.02. The minimum Gasteiger partial charge on any atom is -0.388 e. The normalized spacial score (nSPS) is 16.8. The number of hydrogen-bond donors (Lipinski definition) is 3. The van der Waals surface area contributed by atoms with Crippen LogP contribution < -0.4 is 11.1 Å². The summed E-state index contributed by atoms with van der Waals surface area (Å²) in [6.45, 7) is 6.62. The fraction of sp³-hybridized carbons (Fsp3) is 0.875. The molecule has 0 aliphatic heterocycles. The summed E-state index contributed by atoms with van der Waals surface area (Å²) in [7, 11) is 0. The largest absolute Gasteiger partial charge is 0.388 e. The molecule has 12 heavy (non-hydrogen) atoms. The highest BCUT2D eigenvalue weighted by atomic mass is 16.3. The van der Waals surface area contributed by atoms with Crippen LogP contribution in [-0.2, 0) is 4.79 Å². The molecule has 2 atom stereocenters. The predicted molar refractivity (Wildman–Crippen MR) is 47.6 cm³/mol. The second-order valence-electron chi connectivity index (χ2n) is 3.67. The first-order chi connectivity index (χ1) is 5.25. The second-order valence-corrected chi connectivity index (χ2v) is 3.67. The number of amides is 1. The van der Waals surface area contributed by atoms with E-state index in [1.54, 1.807) is 27.7 Å². The van der Waals surface area contributed by atoms with Crippen LogP contribution in [0.4, 0.5) is 0 Å². The van der Waals surface area contributed by atoms with Crippen LogP contribution >= 0.6 is 0 Å². The topological polar surface area (TPSA) is 75.4 Å². The Labute approximate surface area is 73.1 Å². The maximum absolute atomic E-state index is 11.1. The summed E-state index contributed by atoms with van der Waals surface area (Å²) in [5, 5.41) is 12.1. The molecule has 0 bridgehead atoms. The first kappa shape index (κ1) is 11.4. The van der Waals surface area contributed by atoms with E-state index in [4.69, 9.17) is 5.73 Å². The van der Waals surface area contributed by atoms with Crippen molar-refractivity contribution in [3.8, 4) is 0 Å². The third-order valence-corrected chi connectivity index (χ3v) is 1.83. The van der Waals surface area contributed by atoms with Crippen LogP contribution in [0.3, 0.4) is 0 Å². The zero-order valence-corrected chi connectivity index (χ0v) is 8.09. The molecule has 0 saturated carbocycles. The number of nitrogens with one attached hydrogen (secondary N) is 1. The van der Waals surface area contributed by atoms with Gasteiger partial charge in [-0.15, -0.1) is 0 Å². The maximum Gasteiger partial charge on any atom is 0.236 e. The van der Waals surface area contributed by atoms with Gasteiger partial charge in [0.05, 0.1) is 17.7 Å². The Bertz CT molecular complexity index is 161. The maximum atomic E-state index is 11.1. The molecule has 72 valence electrons. The molecular formula is C8H18N2O2. The molecule has 0 aromatic carbocycles. The quantitative estimate of drug-likeness (QED) is 0.545. The van der Waals surface area contributed by atoms with Crippen LogP contribution in [0.2, 0.25) is 0 Å². The van der Waals surface area contributed by atoms with Gasteiger partial charge >= 0.3 is 0 Å². The first-order valence-electron chi connectivity index (χ1n) is 4.03. The predicted octanol–water partition coefficient (Wildman–Crippen LogP) is -0.391. The van der Waals surface area contributed by atoms with Crippen LogP contribution in [0.1, 0.15) is 27.7 Å². The lowest BCUT2D eigenvalue weighted by Crippen LogP contribution is -2.51. The SMILES string of the molecule is CC(NC(=O)[C@H](C)N)C(C)(C)O. The van der Waals surface area contributed by atoms with Crippen molar-refractivity contribution >= 4 is 5.91 Å². The van der Waals surface area contributed by atoms with Crippen molar-refractivity contribution < 1.29 is 9.90 Å². The van der Waals surface area contributed by atoms with Crippen LogP contribution in [0.5, 0.6) is 0 Å². The molecule has 4 heteroatoms. The van der Waals surface area contributed by atoms with Gasteiger partial charge in [0.25, 0.3) is 0 Å². The molecule has 0 rings (SSSR count). The van der Waals surface area contributed by atoms with E-state index in [0.29, 0.717) is 0 Å². The van der Waals surface area contributed by atoms with E-state index in [0.717, 1.165) is 0 Å². The zero-order chi connectivity index (χ0) is 9.94. The number of hydrogen-bond acceptors (Lipinski definition) is 3. The highest BCUT2D eigenvalue weighted by Crippen LogP contribution is 2.06. The van der Waals surface area contributed by atoms with Gasteiger partial charge in [-0.25, -0.2) is 0 Å². The van der Waals surface area contributed by atoms with Crippen LogP contribution in [0, 0.1) is 0 Å². The van der Waals surface area contributed by atoms with Gasteiger partial charge in [-0.3, -0.25) is 4.79 Å². The Hall–Kier alpha value is -0.610. The van der Waals surface area contributed by atoms with Gasteiger partial charge in [-0.05, 0) is 27.7 Å². The van der Waals surface area contributed by atoms with Crippen molar-refractivity contribution in [3.63, 3.8) is 0 Å². The Kier molecular flexibility index (Phi) is 3.67. The molecule has 4 nitrogen and oxygen atoms in total. The van der Waals surface area contributed by atoms with Crippen LogP contribution in [0.15, 0.2) is 0 Å². The fourth-order valence-electron chi connectivity index (χ4n) is 0.521. The number of aliphatic hydroxyl groups is 1. The smallest absolute Gasteiger partial charge is 0.236 e. The van der Waals surface area contributed by atoms with Gasteiger partial charge in [0, 0.05) is 0 Å². The molecular weight excluding hydrogens is 156 g/mol. The molecule has 0 aromatic heterocycles. The Morgan fingerprint density at radius 2 is 1.92 bits per heavy atom. The summed E-state index contributed by atoms with van der Waals surface area (Å²) in [6.07, 6.45) is 0. The molecule has 4 N–H and O–H groups in total. The van der Waals surface area contributed by atoms with E-state index in [-0.39, 0.29) is 11.9 Å². The van der Waals surface area contributed by atoms with Gasteiger partial charge in [0.1, 0.15) is 0 Å². The van der Waals surface area contributed by atoms with E-state index >= 15 is 0 Å². The summed E-state index contributed by atoms with van der Waals surface area (Å²) in [5.41, 5.74) is 4.42. The average molecular weight is 174 g/mol. The van der Waals surface area contributed by atoms with Crippen molar-refractivity contribution in [3.05, 3.63) is 0 Å². The van der Waals surface area contributed by atoms with Crippen molar-refractivity contribution in [1.29, 1.82) is 0 Å². The summed E-state index contributed by atoms with van der Waals surface area (Å²) >= 11 is 0. The Morgan fingerprint density at radius 1 is 1.50 bits per heavy atom. The number of rotatable bonds is 3. The molecule has 0 aliphatic rings. The van der Waals surface area contributed by atoms with E-state index in [9.17, 15) is 9.90 Å². The minimum absolute atomic E-state index is 0.246. The van der Waals surface area contributed by atoms with Gasteiger partial charge < -0.3 is 16.2 Å². The number of carbonyl (C=O) groups excluding carboxylic acids is 1. The Morgan fingerprint density at radius 3 is 2.17 bits per heavy atom. The zero-order valence-electron chi connectivity index (χ0n) is 8.09. The monoisotopic (exact) mass is 174 g/mol. The third kappa shape index (κ3) is 3.69. The molecule has 0 radical (unpaired) electrons. The van der Waals surface area contributed by atoms with Crippen LogP contribution in [-0.4, -0.2) is 28.7 Å². The van der Waals surface area contributed by atoms with E-state index in [2.05, 4.69) is 5.32 Å². The van der Waals surface area contributed by atoms with Gasteiger partial charge in [0.15, 0.2) is 0 Å². The van der Waals surface area contributed by atoms with Gasteiger partial charge in [0.2, 0.25) is 5.91 Å². The molecule has 0 heterocycles. The van der Waals surface area contributed by atoms with E-state index in [1.165, 1.54) is 0 Å². The third-order valence-electron chi connectivity index (χ3n) is 1.83.